The first kappa shape index (κ1) is 16.8. The van der Waals surface area contributed by atoms with Crippen molar-refractivity contribution in [3.63, 3.8) is 0 Å². The molecule has 0 radical (unpaired) electrons. The highest BCUT2D eigenvalue weighted by Gasteiger charge is 2.46. The summed E-state index contributed by atoms with van der Waals surface area (Å²) in [7, 11) is 0. The minimum absolute atomic E-state index is 0.191. The molecule has 3 heteroatoms. The Labute approximate surface area is 157 Å². The number of carbonyl (C=O) groups excluding carboxylic acids is 1. The molecule has 5 rings (SSSR count). The maximum atomic E-state index is 12.2. The van der Waals surface area contributed by atoms with Crippen molar-refractivity contribution in [1.82, 2.24) is 4.90 Å². The van der Waals surface area contributed by atoms with Crippen LogP contribution in [0, 0.1) is 24.7 Å². The third-order valence-electron chi connectivity index (χ3n) is 8.05. The van der Waals surface area contributed by atoms with Crippen LogP contribution in [0.4, 0.5) is 5.69 Å². The number of benzene rings is 1. The van der Waals surface area contributed by atoms with Crippen LogP contribution < -0.4 is 4.90 Å². The van der Waals surface area contributed by atoms with E-state index >= 15 is 0 Å². The third-order valence-corrected chi connectivity index (χ3v) is 8.05. The lowest BCUT2D eigenvalue weighted by molar-refractivity contribution is -0.116. The average molecular weight is 353 g/mol. The zero-order valence-corrected chi connectivity index (χ0v) is 16.3. The van der Waals surface area contributed by atoms with Crippen molar-refractivity contribution in [2.75, 3.05) is 31.1 Å². The minimum Gasteiger partial charge on any atom is -0.311 e. The summed E-state index contributed by atoms with van der Waals surface area (Å²) in [5.74, 6) is 3.24. The average Bonchev–Trinajstić information content (AvgIpc) is 3.31. The number of carbonyl (C=O) groups is 1. The summed E-state index contributed by atoms with van der Waals surface area (Å²) >= 11 is 0. The highest BCUT2D eigenvalue weighted by atomic mass is 16.2. The van der Waals surface area contributed by atoms with Crippen molar-refractivity contribution in [3.05, 3.63) is 29.3 Å². The minimum atomic E-state index is 0.191. The van der Waals surface area contributed by atoms with E-state index in [0.29, 0.717) is 0 Å². The Bertz CT molecular complexity index is 719. The number of hydrogen-bond donors (Lipinski definition) is 0. The summed E-state index contributed by atoms with van der Waals surface area (Å²) in [6.45, 7) is 8.51. The summed E-state index contributed by atoms with van der Waals surface area (Å²) in [6, 6.07) is 6.67. The van der Waals surface area contributed by atoms with Gasteiger partial charge in [0.1, 0.15) is 0 Å². The van der Waals surface area contributed by atoms with Crippen LogP contribution in [0.3, 0.4) is 0 Å². The number of aryl methyl sites for hydroxylation is 1. The molecule has 2 aliphatic carbocycles. The van der Waals surface area contributed by atoms with E-state index in [4.69, 9.17) is 0 Å². The van der Waals surface area contributed by atoms with Gasteiger partial charge in [-0.05, 0) is 81.5 Å². The third kappa shape index (κ3) is 2.62. The molecule has 3 unspecified atom stereocenters. The molecular formula is C23H32N2O. The molecule has 1 saturated heterocycles. The number of hydrogen-bond acceptors (Lipinski definition) is 2. The summed E-state index contributed by atoms with van der Waals surface area (Å²) in [5, 5.41) is 0. The van der Waals surface area contributed by atoms with Crippen molar-refractivity contribution >= 4 is 11.6 Å². The lowest BCUT2D eigenvalue weighted by atomic mass is 9.73. The first-order valence-corrected chi connectivity index (χ1v) is 10.7. The fourth-order valence-electron chi connectivity index (χ4n) is 6.59. The number of rotatable bonds is 2. The Morgan fingerprint density at radius 1 is 1.19 bits per heavy atom. The van der Waals surface area contributed by atoms with Crippen LogP contribution in [-0.2, 0) is 10.2 Å². The zero-order valence-electron chi connectivity index (χ0n) is 16.3. The number of fused-ring (bicyclic) bond motifs is 4. The standard InChI is InChI=1S/C23H32N2O/c1-16-3-6-22-21(11-16)23(15-25(22)17(2)26)7-9-24(10-8-23)14-20-13-18-4-5-19(20)12-18/h3,6,11,18-20H,4-5,7-10,12-15H2,1-2H3. The second-order valence-electron chi connectivity index (χ2n) is 9.64. The molecule has 0 N–H and O–H groups in total. The van der Waals surface area contributed by atoms with Crippen LogP contribution in [-0.4, -0.2) is 37.0 Å². The highest BCUT2D eigenvalue weighted by Crippen LogP contribution is 2.50. The molecule has 1 aromatic carbocycles. The lowest BCUT2D eigenvalue weighted by Gasteiger charge is -2.41. The molecule has 0 aromatic heterocycles. The van der Waals surface area contributed by atoms with E-state index in [2.05, 4.69) is 30.0 Å². The van der Waals surface area contributed by atoms with Crippen molar-refractivity contribution in [1.29, 1.82) is 0 Å². The van der Waals surface area contributed by atoms with Crippen LogP contribution in [0.1, 0.15) is 56.6 Å². The van der Waals surface area contributed by atoms with Gasteiger partial charge < -0.3 is 9.80 Å². The molecule has 4 aliphatic rings. The topological polar surface area (TPSA) is 23.6 Å². The van der Waals surface area contributed by atoms with E-state index in [1.807, 2.05) is 4.90 Å². The molecule has 2 bridgehead atoms. The number of piperidine rings is 1. The largest absolute Gasteiger partial charge is 0.311 e. The van der Waals surface area contributed by atoms with Crippen LogP contribution >= 0.6 is 0 Å². The first-order valence-electron chi connectivity index (χ1n) is 10.7. The van der Waals surface area contributed by atoms with E-state index in [0.717, 1.165) is 24.3 Å². The zero-order chi connectivity index (χ0) is 17.9. The molecular weight excluding hydrogens is 320 g/mol. The number of amides is 1. The summed E-state index contributed by atoms with van der Waals surface area (Å²) in [5.41, 5.74) is 4.12. The molecule has 140 valence electrons. The van der Waals surface area contributed by atoms with Gasteiger partial charge in [-0.15, -0.1) is 0 Å². The maximum absolute atomic E-state index is 12.2. The Morgan fingerprint density at radius 2 is 2.00 bits per heavy atom. The molecule has 2 aliphatic heterocycles. The van der Waals surface area contributed by atoms with E-state index in [9.17, 15) is 4.79 Å². The Hall–Kier alpha value is -1.35. The number of likely N-dealkylation sites (tertiary alicyclic amines) is 1. The van der Waals surface area contributed by atoms with Gasteiger partial charge in [-0.3, -0.25) is 4.79 Å². The van der Waals surface area contributed by atoms with E-state index < -0.39 is 0 Å². The van der Waals surface area contributed by atoms with Gasteiger partial charge in [0.2, 0.25) is 5.91 Å². The molecule has 3 atom stereocenters. The number of nitrogens with zero attached hydrogens (tertiary/aromatic N) is 2. The molecule has 3 fully saturated rings. The lowest BCUT2D eigenvalue weighted by Crippen LogP contribution is -2.47. The van der Waals surface area contributed by atoms with E-state index in [-0.39, 0.29) is 11.3 Å². The molecule has 3 nitrogen and oxygen atoms in total. The van der Waals surface area contributed by atoms with Gasteiger partial charge in [0.25, 0.3) is 0 Å². The normalized spacial score (nSPS) is 32.4. The fraction of sp³-hybridized carbons (Fsp3) is 0.696. The van der Waals surface area contributed by atoms with Crippen LogP contribution in [0.2, 0.25) is 0 Å². The van der Waals surface area contributed by atoms with Crippen molar-refractivity contribution < 1.29 is 4.79 Å². The van der Waals surface area contributed by atoms with Crippen LogP contribution in [0.15, 0.2) is 18.2 Å². The summed E-state index contributed by atoms with van der Waals surface area (Å²) in [6.07, 6.45) is 8.41. The van der Waals surface area contributed by atoms with Gasteiger partial charge in [0, 0.05) is 31.1 Å². The van der Waals surface area contributed by atoms with Crippen molar-refractivity contribution in [2.24, 2.45) is 17.8 Å². The van der Waals surface area contributed by atoms with E-state index in [1.54, 1.807) is 6.92 Å². The predicted molar refractivity (Wildman–Crippen MR) is 105 cm³/mol. The quantitative estimate of drug-likeness (QED) is 0.799. The van der Waals surface area contributed by atoms with E-state index in [1.165, 1.54) is 75.0 Å². The summed E-state index contributed by atoms with van der Waals surface area (Å²) < 4.78 is 0. The number of anilines is 1. The smallest absolute Gasteiger partial charge is 0.223 e. The summed E-state index contributed by atoms with van der Waals surface area (Å²) in [4.78, 5) is 17.0. The Balaban J connectivity index is 1.31. The molecule has 1 spiro atoms. The fourth-order valence-corrected chi connectivity index (χ4v) is 6.59. The van der Waals surface area contributed by atoms with Gasteiger partial charge in [-0.25, -0.2) is 0 Å². The van der Waals surface area contributed by atoms with Crippen LogP contribution in [0.25, 0.3) is 0 Å². The van der Waals surface area contributed by atoms with Crippen molar-refractivity contribution in [2.45, 2.75) is 57.8 Å². The van der Waals surface area contributed by atoms with Gasteiger partial charge in [-0.2, -0.15) is 0 Å². The van der Waals surface area contributed by atoms with Gasteiger partial charge >= 0.3 is 0 Å². The first-order chi connectivity index (χ1) is 12.5. The predicted octanol–water partition coefficient (Wildman–Crippen LogP) is 4.13. The SMILES string of the molecule is CC(=O)N1CC2(CCN(CC3CC4CCC3C4)CC2)c2cc(C)ccc21. The molecule has 1 aromatic rings. The van der Waals surface area contributed by atoms with Crippen molar-refractivity contribution in [3.8, 4) is 0 Å². The molecule has 1 amide bonds. The van der Waals surface area contributed by atoms with Gasteiger partial charge in [-0.1, -0.05) is 24.1 Å². The second kappa shape index (κ2) is 6.09. The molecule has 2 saturated carbocycles. The Morgan fingerprint density at radius 3 is 2.65 bits per heavy atom. The molecule has 26 heavy (non-hydrogen) atoms. The Kier molecular flexibility index (Phi) is 3.93. The molecule has 2 heterocycles. The maximum Gasteiger partial charge on any atom is 0.223 e. The van der Waals surface area contributed by atoms with Crippen LogP contribution in [0.5, 0.6) is 0 Å². The van der Waals surface area contributed by atoms with Gasteiger partial charge in [0.05, 0.1) is 0 Å². The van der Waals surface area contributed by atoms with Gasteiger partial charge in [0.15, 0.2) is 0 Å². The second-order valence-corrected chi connectivity index (χ2v) is 9.64. The monoisotopic (exact) mass is 352 g/mol. The highest BCUT2D eigenvalue weighted by molar-refractivity contribution is 5.94.